The van der Waals surface area contributed by atoms with E-state index in [1.54, 1.807) is 23.2 Å². The Morgan fingerprint density at radius 3 is 3.27 bits per heavy atom. The van der Waals surface area contributed by atoms with Crippen LogP contribution < -0.4 is 10.2 Å². The fourth-order valence-corrected chi connectivity index (χ4v) is 1.61. The number of amides is 1. The number of nitrogens with one attached hydrogen (secondary N) is 1. The van der Waals surface area contributed by atoms with Crippen molar-refractivity contribution >= 4 is 17.4 Å². The third-order valence-electron chi connectivity index (χ3n) is 2.44. The molecule has 80 valence electrons. The fraction of sp³-hybridized carbons (Fsp3) is 0.400. The van der Waals surface area contributed by atoms with E-state index in [4.69, 9.17) is 5.11 Å². The summed E-state index contributed by atoms with van der Waals surface area (Å²) in [5.74, 6) is 0.648. The Labute approximate surface area is 87.7 Å². The fourth-order valence-electron chi connectivity index (χ4n) is 1.61. The Bertz CT molecular complexity index is 381. The topological polar surface area (TPSA) is 65.5 Å². The maximum absolute atomic E-state index is 11.4. The second-order valence-electron chi connectivity index (χ2n) is 3.58. The molecule has 2 N–H and O–H groups in total. The lowest BCUT2D eigenvalue weighted by molar-refractivity contribution is -0.115. The molecule has 5 heteroatoms. The van der Waals surface area contributed by atoms with Gasteiger partial charge in [0.1, 0.15) is 0 Å². The average Bonchev–Trinajstić information content (AvgIpc) is 2.26. The number of fused-ring (bicyclic) bond motifs is 1. The molecule has 0 fully saturated rings. The van der Waals surface area contributed by atoms with E-state index in [0.29, 0.717) is 5.69 Å². The molecule has 0 aliphatic carbocycles. The Hall–Kier alpha value is -1.62. The van der Waals surface area contributed by atoms with Gasteiger partial charge in [-0.15, -0.1) is 0 Å². The molecule has 1 unspecified atom stereocenters. The second-order valence-corrected chi connectivity index (χ2v) is 3.58. The van der Waals surface area contributed by atoms with Gasteiger partial charge in [0.05, 0.1) is 24.9 Å². The van der Waals surface area contributed by atoms with Crippen LogP contribution in [0.3, 0.4) is 0 Å². The molecule has 0 radical (unpaired) electrons. The number of aromatic nitrogens is 1. The number of carbonyl (C=O) groups excluding carboxylic acids is 1. The van der Waals surface area contributed by atoms with Crippen LogP contribution in [-0.4, -0.2) is 35.2 Å². The number of rotatable bonds is 2. The zero-order chi connectivity index (χ0) is 10.8. The van der Waals surface area contributed by atoms with Gasteiger partial charge in [0.15, 0.2) is 5.82 Å². The quantitative estimate of drug-likeness (QED) is 0.728. The normalized spacial score (nSPS) is 16.9. The summed E-state index contributed by atoms with van der Waals surface area (Å²) in [6, 6.07) is 3.47. The molecule has 1 aromatic rings. The van der Waals surface area contributed by atoms with Crippen molar-refractivity contribution in [2.45, 2.75) is 13.0 Å². The first kappa shape index (κ1) is 9.92. The Balaban J connectivity index is 2.38. The van der Waals surface area contributed by atoms with Gasteiger partial charge < -0.3 is 15.3 Å². The van der Waals surface area contributed by atoms with Crippen molar-refractivity contribution in [1.82, 2.24) is 4.98 Å². The summed E-state index contributed by atoms with van der Waals surface area (Å²) >= 11 is 0. The lowest BCUT2D eigenvalue weighted by atomic mass is 10.2. The van der Waals surface area contributed by atoms with Gasteiger partial charge in [0.25, 0.3) is 0 Å². The number of hydrogen-bond acceptors (Lipinski definition) is 4. The van der Waals surface area contributed by atoms with E-state index < -0.39 is 0 Å². The molecule has 1 aliphatic rings. The molecular formula is C10H13N3O2. The second kappa shape index (κ2) is 3.86. The molecule has 1 aliphatic heterocycles. The van der Waals surface area contributed by atoms with Crippen LogP contribution in [0.25, 0.3) is 0 Å². The summed E-state index contributed by atoms with van der Waals surface area (Å²) in [5, 5.41) is 11.8. The van der Waals surface area contributed by atoms with E-state index in [1.165, 1.54) is 0 Å². The summed E-state index contributed by atoms with van der Waals surface area (Å²) < 4.78 is 0. The van der Waals surface area contributed by atoms with Crippen LogP contribution in [0.4, 0.5) is 11.5 Å². The Morgan fingerprint density at radius 1 is 1.73 bits per heavy atom. The van der Waals surface area contributed by atoms with Crippen molar-refractivity contribution < 1.29 is 9.90 Å². The van der Waals surface area contributed by atoms with Gasteiger partial charge in [-0.1, -0.05) is 0 Å². The molecule has 1 amide bonds. The average molecular weight is 207 g/mol. The summed E-state index contributed by atoms with van der Waals surface area (Å²) in [4.78, 5) is 17.4. The number of nitrogens with zero attached hydrogens (tertiary/aromatic N) is 2. The van der Waals surface area contributed by atoms with E-state index in [0.717, 1.165) is 5.82 Å². The SMILES string of the molecule is CC(CO)N1CC(=O)Nc2cccnc21. The van der Waals surface area contributed by atoms with Gasteiger partial charge in [-0.25, -0.2) is 4.98 Å². The summed E-state index contributed by atoms with van der Waals surface area (Å²) in [5.41, 5.74) is 0.703. The van der Waals surface area contributed by atoms with Crippen molar-refractivity contribution in [3.63, 3.8) is 0 Å². The third-order valence-corrected chi connectivity index (χ3v) is 2.44. The van der Waals surface area contributed by atoms with Crippen LogP contribution in [0, 0.1) is 0 Å². The van der Waals surface area contributed by atoms with Gasteiger partial charge in [0.2, 0.25) is 5.91 Å². The van der Waals surface area contributed by atoms with Gasteiger partial charge in [-0.05, 0) is 19.1 Å². The van der Waals surface area contributed by atoms with E-state index in [2.05, 4.69) is 10.3 Å². The van der Waals surface area contributed by atoms with Gasteiger partial charge >= 0.3 is 0 Å². The molecule has 0 saturated carbocycles. The maximum Gasteiger partial charge on any atom is 0.244 e. The predicted molar refractivity (Wildman–Crippen MR) is 56.8 cm³/mol. The minimum atomic E-state index is -0.107. The smallest absolute Gasteiger partial charge is 0.244 e. The minimum absolute atomic E-state index is 0.00327. The largest absolute Gasteiger partial charge is 0.394 e. The Kier molecular flexibility index (Phi) is 2.55. The molecule has 1 aromatic heterocycles. The van der Waals surface area contributed by atoms with Crippen LogP contribution in [0.2, 0.25) is 0 Å². The molecular weight excluding hydrogens is 194 g/mol. The molecule has 2 heterocycles. The van der Waals surface area contributed by atoms with Crippen molar-refractivity contribution in [3.8, 4) is 0 Å². The number of carbonyl (C=O) groups is 1. The number of pyridine rings is 1. The molecule has 0 spiro atoms. The first-order valence-electron chi connectivity index (χ1n) is 4.84. The summed E-state index contributed by atoms with van der Waals surface area (Å²) in [7, 11) is 0. The standard InChI is InChI=1S/C10H13N3O2/c1-7(6-14)13-5-9(15)12-8-3-2-4-11-10(8)13/h2-4,7,14H,5-6H2,1H3,(H,12,15). The van der Waals surface area contributed by atoms with Crippen LogP contribution in [0.15, 0.2) is 18.3 Å². The van der Waals surface area contributed by atoms with Gasteiger partial charge in [-0.2, -0.15) is 0 Å². The van der Waals surface area contributed by atoms with E-state index >= 15 is 0 Å². The molecule has 2 rings (SSSR count). The molecule has 0 saturated heterocycles. The molecule has 0 bridgehead atoms. The summed E-state index contributed by atoms with van der Waals surface area (Å²) in [6.07, 6.45) is 1.67. The number of aliphatic hydroxyl groups excluding tert-OH is 1. The highest BCUT2D eigenvalue weighted by Crippen LogP contribution is 2.27. The maximum atomic E-state index is 11.4. The third kappa shape index (κ3) is 1.78. The van der Waals surface area contributed by atoms with E-state index in [-0.39, 0.29) is 25.1 Å². The summed E-state index contributed by atoms with van der Waals surface area (Å²) in [6.45, 7) is 2.10. The first-order chi connectivity index (χ1) is 7.22. The van der Waals surface area contributed by atoms with E-state index in [9.17, 15) is 4.79 Å². The van der Waals surface area contributed by atoms with Crippen molar-refractivity contribution in [3.05, 3.63) is 18.3 Å². The molecule has 1 atom stereocenters. The molecule has 0 aromatic carbocycles. The lowest BCUT2D eigenvalue weighted by Crippen LogP contribution is -2.45. The highest BCUT2D eigenvalue weighted by atomic mass is 16.3. The number of hydrogen-bond donors (Lipinski definition) is 2. The Morgan fingerprint density at radius 2 is 2.53 bits per heavy atom. The monoisotopic (exact) mass is 207 g/mol. The van der Waals surface area contributed by atoms with Gasteiger partial charge in [-0.3, -0.25) is 4.79 Å². The highest BCUT2D eigenvalue weighted by Gasteiger charge is 2.25. The molecule has 15 heavy (non-hydrogen) atoms. The van der Waals surface area contributed by atoms with E-state index in [1.807, 2.05) is 6.92 Å². The zero-order valence-electron chi connectivity index (χ0n) is 8.47. The number of aliphatic hydroxyl groups is 1. The molecule has 5 nitrogen and oxygen atoms in total. The predicted octanol–water partition coefficient (Wildman–Crippen LogP) is 0.221. The van der Waals surface area contributed by atoms with Crippen LogP contribution in [0.1, 0.15) is 6.92 Å². The van der Waals surface area contributed by atoms with Crippen LogP contribution in [-0.2, 0) is 4.79 Å². The minimum Gasteiger partial charge on any atom is -0.394 e. The van der Waals surface area contributed by atoms with Crippen LogP contribution in [0.5, 0.6) is 0 Å². The zero-order valence-corrected chi connectivity index (χ0v) is 8.47. The van der Waals surface area contributed by atoms with Crippen molar-refractivity contribution in [2.75, 3.05) is 23.4 Å². The van der Waals surface area contributed by atoms with Crippen LogP contribution >= 0.6 is 0 Å². The van der Waals surface area contributed by atoms with Crippen molar-refractivity contribution in [1.29, 1.82) is 0 Å². The van der Waals surface area contributed by atoms with Gasteiger partial charge in [0, 0.05) is 6.20 Å². The number of anilines is 2. The highest BCUT2D eigenvalue weighted by molar-refractivity contribution is 6.00. The lowest BCUT2D eigenvalue weighted by Gasteiger charge is -2.33. The first-order valence-corrected chi connectivity index (χ1v) is 4.84. The van der Waals surface area contributed by atoms with Crippen molar-refractivity contribution in [2.24, 2.45) is 0 Å².